The lowest BCUT2D eigenvalue weighted by molar-refractivity contribution is 0.104. The standard InChI is InChI=1S/C18H17IO3/c1-12-4-7-14(8-5-12)16(20)9-6-13-10-15(19)18(22-3)17(11-13)21-2/h4-11H,1-3H3/b9-6+. The second-order valence-electron chi connectivity index (χ2n) is 4.80. The van der Waals surface area contributed by atoms with Crippen LogP contribution in [0.1, 0.15) is 21.5 Å². The number of rotatable bonds is 5. The second-order valence-corrected chi connectivity index (χ2v) is 5.96. The number of ketones is 1. The first-order chi connectivity index (χ1) is 10.5. The molecule has 0 saturated heterocycles. The summed E-state index contributed by atoms with van der Waals surface area (Å²) in [5, 5.41) is 0. The van der Waals surface area contributed by atoms with Crippen molar-refractivity contribution < 1.29 is 14.3 Å². The molecular weight excluding hydrogens is 391 g/mol. The fourth-order valence-electron chi connectivity index (χ4n) is 2.02. The van der Waals surface area contributed by atoms with Crippen LogP contribution in [-0.2, 0) is 0 Å². The van der Waals surface area contributed by atoms with Crippen LogP contribution >= 0.6 is 22.6 Å². The van der Waals surface area contributed by atoms with Gasteiger partial charge in [0.05, 0.1) is 17.8 Å². The summed E-state index contributed by atoms with van der Waals surface area (Å²) in [6.07, 6.45) is 3.36. The van der Waals surface area contributed by atoms with E-state index in [4.69, 9.17) is 9.47 Å². The monoisotopic (exact) mass is 408 g/mol. The Balaban J connectivity index is 2.24. The predicted molar refractivity (Wildman–Crippen MR) is 96.8 cm³/mol. The normalized spacial score (nSPS) is 10.7. The van der Waals surface area contributed by atoms with Gasteiger partial charge in [-0.2, -0.15) is 0 Å². The van der Waals surface area contributed by atoms with E-state index in [1.165, 1.54) is 0 Å². The maximum absolute atomic E-state index is 12.1. The highest BCUT2D eigenvalue weighted by molar-refractivity contribution is 14.1. The number of allylic oxidation sites excluding steroid dienone is 1. The zero-order valence-electron chi connectivity index (χ0n) is 12.7. The fraction of sp³-hybridized carbons (Fsp3) is 0.167. The van der Waals surface area contributed by atoms with Crippen molar-refractivity contribution >= 4 is 34.5 Å². The first-order valence-electron chi connectivity index (χ1n) is 6.75. The van der Waals surface area contributed by atoms with Crippen molar-refractivity contribution in [1.29, 1.82) is 0 Å². The zero-order valence-corrected chi connectivity index (χ0v) is 14.9. The van der Waals surface area contributed by atoms with Gasteiger partial charge in [0.15, 0.2) is 17.3 Å². The minimum Gasteiger partial charge on any atom is -0.493 e. The molecule has 0 amide bonds. The summed E-state index contributed by atoms with van der Waals surface area (Å²) in [4.78, 5) is 12.1. The van der Waals surface area contributed by atoms with Gasteiger partial charge in [0, 0.05) is 5.56 Å². The lowest BCUT2D eigenvalue weighted by Crippen LogP contribution is -1.95. The van der Waals surface area contributed by atoms with E-state index in [1.807, 2.05) is 43.3 Å². The maximum Gasteiger partial charge on any atom is 0.185 e. The van der Waals surface area contributed by atoms with Crippen molar-refractivity contribution in [2.75, 3.05) is 14.2 Å². The highest BCUT2D eigenvalue weighted by Crippen LogP contribution is 2.33. The molecule has 0 fully saturated rings. The van der Waals surface area contributed by atoms with Gasteiger partial charge in [-0.25, -0.2) is 0 Å². The minimum atomic E-state index is -0.0233. The highest BCUT2D eigenvalue weighted by Gasteiger charge is 2.09. The molecular formula is C18H17IO3. The van der Waals surface area contributed by atoms with E-state index in [-0.39, 0.29) is 5.78 Å². The molecule has 0 aliphatic heterocycles. The summed E-state index contributed by atoms with van der Waals surface area (Å²) in [6, 6.07) is 11.3. The Hall–Kier alpha value is -1.82. The van der Waals surface area contributed by atoms with Crippen molar-refractivity contribution in [3.05, 3.63) is 62.7 Å². The first-order valence-corrected chi connectivity index (χ1v) is 7.83. The summed E-state index contributed by atoms with van der Waals surface area (Å²) in [6.45, 7) is 2.00. The van der Waals surface area contributed by atoms with Gasteiger partial charge in [-0.05, 0) is 53.3 Å². The Labute approximate surface area is 144 Å². The van der Waals surface area contributed by atoms with Crippen molar-refractivity contribution in [2.45, 2.75) is 6.92 Å². The maximum atomic E-state index is 12.1. The molecule has 0 spiro atoms. The van der Waals surface area contributed by atoms with Crippen LogP contribution in [0.5, 0.6) is 11.5 Å². The van der Waals surface area contributed by atoms with Crippen molar-refractivity contribution in [3.63, 3.8) is 0 Å². The van der Waals surface area contributed by atoms with Crippen LogP contribution < -0.4 is 9.47 Å². The molecule has 2 rings (SSSR count). The van der Waals surface area contributed by atoms with Gasteiger partial charge in [0.1, 0.15) is 0 Å². The average Bonchev–Trinajstić information content (AvgIpc) is 2.52. The molecule has 0 heterocycles. The van der Waals surface area contributed by atoms with Gasteiger partial charge in [0.25, 0.3) is 0 Å². The Morgan fingerprint density at radius 3 is 2.36 bits per heavy atom. The van der Waals surface area contributed by atoms with Crippen LogP contribution in [0.4, 0.5) is 0 Å². The number of ether oxygens (including phenoxy) is 2. The Morgan fingerprint density at radius 2 is 1.77 bits per heavy atom. The SMILES string of the molecule is COc1cc(/C=C/C(=O)c2ccc(C)cc2)cc(I)c1OC. The van der Waals surface area contributed by atoms with E-state index in [1.54, 1.807) is 26.4 Å². The lowest BCUT2D eigenvalue weighted by atomic mass is 10.1. The highest BCUT2D eigenvalue weighted by atomic mass is 127. The largest absolute Gasteiger partial charge is 0.493 e. The third-order valence-electron chi connectivity index (χ3n) is 3.22. The molecule has 0 unspecified atom stereocenters. The summed E-state index contributed by atoms with van der Waals surface area (Å²) in [7, 11) is 3.20. The lowest BCUT2D eigenvalue weighted by Gasteiger charge is -2.10. The Kier molecular flexibility index (Phi) is 5.60. The second kappa shape index (κ2) is 7.45. The smallest absolute Gasteiger partial charge is 0.185 e. The molecule has 0 N–H and O–H groups in total. The van der Waals surface area contributed by atoms with Crippen molar-refractivity contribution in [3.8, 4) is 11.5 Å². The molecule has 0 aromatic heterocycles. The number of hydrogen-bond acceptors (Lipinski definition) is 3. The van der Waals surface area contributed by atoms with Crippen LogP contribution in [-0.4, -0.2) is 20.0 Å². The third-order valence-corrected chi connectivity index (χ3v) is 4.02. The van der Waals surface area contributed by atoms with E-state index < -0.39 is 0 Å². The topological polar surface area (TPSA) is 35.5 Å². The van der Waals surface area contributed by atoms with Crippen molar-refractivity contribution in [1.82, 2.24) is 0 Å². The molecule has 0 radical (unpaired) electrons. The molecule has 2 aromatic rings. The fourth-order valence-corrected chi connectivity index (χ4v) is 2.87. The predicted octanol–water partition coefficient (Wildman–Crippen LogP) is 4.51. The van der Waals surface area contributed by atoms with E-state index in [0.29, 0.717) is 17.1 Å². The van der Waals surface area contributed by atoms with E-state index in [0.717, 1.165) is 14.7 Å². The Bertz CT molecular complexity index is 703. The minimum absolute atomic E-state index is 0.0233. The molecule has 4 heteroatoms. The number of carbonyl (C=O) groups excluding carboxylic acids is 1. The average molecular weight is 408 g/mol. The number of methoxy groups -OCH3 is 2. The zero-order chi connectivity index (χ0) is 16.1. The van der Waals surface area contributed by atoms with Crippen LogP contribution in [0.3, 0.4) is 0 Å². The molecule has 0 aliphatic carbocycles. The molecule has 2 aromatic carbocycles. The molecule has 0 bridgehead atoms. The number of hydrogen-bond donors (Lipinski definition) is 0. The molecule has 0 atom stereocenters. The first kappa shape index (κ1) is 16.5. The van der Waals surface area contributed by atoms with Crippen molar-refractivity contribution in [2.24, 2.45) is 0 Å². The number of carbonyl (C=O) groups is 1. The van der Waals surface area contributed by atoms with Gasteiger partial charge in [-0.15, -0.1) is 0 Å². The number of aryl methyl sites for hydroxylation is 1. The van der Waals surface area contributed by atoms with Gasteiger partial charge < -0.3 is 9.47 Å². The van der Waals surface area contributed by atoms with Crippen LogP contribution in [0.25, 0.3) is 6.08 Å². The van der Waals surface area contributed by atoms with Gasteiger partial charge in [0.2, 0.25) is 0 Å². The number of halogens is 1. The molecule has 3 nitrogen and oxygen atoms in total. The number of benzene rings is 2. The van der Waals surface area contributed by atoms with E-state index in [2.05, 4.69) is 22.6 Å². The van der Waals surface area contributed by atoms with Gasteiger partial charge in [-0.1, -0.05) is 35.9 Å². The summed E-state index contributed by atoms with van der Waals surface area (Å²) in [5.74, 6) is 1.33. The van der Waals surface area contributed by atoms with Crippen LogP contribution in [0, 0.1) is 10.5 Å². The van der Waals surface area contributed by atoms with E-state index in [9.17, 15) is 4.79 Å². The Morgan fingerprint density at radius 1 is 1.09 bits per heavy atom. The van der Waals surface area contributed by atoms with Crippen LogP contribution in [0.15, 0.2) is 42.5 Å². The molecule has 0 aliphatic rings. The van der Waals surface area contributed by atoms with Gasteiger partial charge in [-0.3, -0.25) is 4.79 Å². The van der Waals surface area contributed by atoms with E-state index >= 15 is 0 Å². The molecule has 22 heavy (non-hydrogen) atoms. The molecule has 0 saturated carbocycles. The quantitative estimate of drug-likeness (QED) is 0.415. The summed E-state index contributed by atoms with van der Waals surface area (Å²) in [5.41, 5.74) is 2.70. The van der Waals surface area contributed by atoms with Crippen LogP contribution in [0.2, 0.25) is 0 Å². The van der Waals surface area contributed by atoms with Gasteiger partial charge >= 0.3 is 0 Å². The summed E-state index contributed by atoms with van der Waals surface area (Å²) < 4.78 is 11.6. The third kappa shape index (κ3) is 3.88. The summed E-state index contributed by atoms with van der Waals surface area (Å²) >= 11 is 2.18. The molecule has 114 valence electrons.